The van der Waals surface area contributed by atoms with E-state index in [2.05, 4.69) is 33.0 Å². The first kappa shape index (κ1) is 14.9. The highest BCUT2D eigenvalue weighted by Gasteiger charge is 2.01. The van der Waals surface area contributed by atoms with Crippen LogP contribution in [0.2, 0.25) is 0 Å². The molecular weight excluding hydrogens is 186 g/mol. The zero-order valence-corrected chi connectivity index (χ0v) is 11.0. The van der Waals surface area contributed by atoms with Crippen molar-refractivity contribution < 1.29 is 4.74 Å². The van der Waals surface area contributed by atoms with Gasteiger partial charge < -0.3 is 10.1 Å². The van der Waals surface area contributed by atoms with Crippen LogP contribution >= 0.6 is 0 Å². The van der Waals surface area contributed by atoms with Gasteiger partial charge in [-0.3, -0.25) is 0 Å². The Bertz CT molecular complexity index is 126. The first-order valence-corrected chi connectivity index (χ1v) is 6.51. The van der Waals surface area contributed by atoms with Crippen molar-refractivity contribution in [2.24, 2.45) is 0 Å². The van der Waals surface area contributed by atoms with E-state index in [1.807, 2.05) is 0 Å². The maximum absolute atomic E-state index is 5.73. The van der Waals surface area contributed by atoms with Crippen LogP contribution in [0.1, 0.15) is 59.8 Å². The summed E-state index contributed by atoms with van der Waals surface area (Å²) >= 11 is 0. The van der Waals surface area contributed by atoms with Gasteiger partial charge in [-0.05, 0) is 26.3 Å². The molecule has 0 bridgehead atoms. The van der Waals surface area contributed by atoms with Gasteiger partial charge in [0.1, 0.15) is 0 Å². The topological polar surface area (TPSA) is 21.3 Å². The summed E-state index contributed by atoms with van der Waals surface area (Å²) in [6.45, 7) is 10.8. The first-order valence-electron chi connectivity index (χ1n) is 6.51. The number of hydrogen-bond donors (Lipinski definition) is 1. The number of ether oxygens (including phenoxy) is 1. The van der Waals surface area contributed by atoms with Crippen molar-refractivity contribution in [3.63, 3.8) is 0 Å². The quantitative estimate of drug-likeness (QED) is 0.564. The Balaban J connectivity index is 3.15. The first-order chi connectivity index (χ1) is 7.16. The number of rotatable bonds is 10. The molecular formula is C13H29NO. The normalized spacial score (nSPS) is 13.4. The Morgan fingerprint density at radius 1 is 1.07 bits per heavy atom. The fourth-order valence-electron chi connectivity index (χ4n) is 1.47. The van der Waals surface area contributed by atoms with E-state index in [4.69, 9.17) is 4.74 Å². The second-order valence-electron chi connectivity index (χ2n) is 4.64. The Hall–Kier alpha value is -0.0800. The Morgan fingerprint density at radius 2 is 1.80 bits per heavy atom. The van der Waals surface area contributed by atoms with Gasteiger partial charge in [0.05, 0.1) is 6.10 Å². The van der Waals surface area contributed by atoms with Crippen molar-refractivity contribution in [2.45, 2.75) is 71.9 Å². The van der Waals surface area contributed by atoms with Gasteiger partial charge in [-0.2, -0.15) is 0 Å². The van der Waals surface area contributed by atoms with Gasteiger partial charge in [-0.25, -0.2) is 0 Å². The molecule has 0 fully saturated rings. The summed E-state index contributed by atoms with van der Waals surface area (Å²) in [6.07, 6.45) is 6.69. The number of unbranched alkanes of at least 4 members (excludes halogenated alkanes) is 3. The minimum Gasteiger partial charge on any atom is -0.378 e. The maximum atomic E-state index is 5.73. The number of nitrogens with one attached hydrogen (secondary N) is 1. The van der Waals surface area contributed by atoms with Crippen molar-refractivity contribution in [1.29, 1.82) is 0 Å². The number of hydrogen-bond acceptors (Lipinski definition) is 2. The van der Waals surface area contributed by atoms with E-state index in [1.54, 1.807) is 0 Å². The molecule has 0 aliphatic carbocycles. The van der Waals surface area contributed by atoms with Gasteiger partial charge in [0, 0.05) is 12.6 Å². The molecule has 0 radical (unpaired) electrons. The molecule has 0 aliphatic rings. The molecule has 0 saturated carbocycles. The van der Waals surface area contributed by atoms with E-state index in [1.165, 1.54) is 25.7 Å². The van der Waals surface area contributed by atoms with Gasteiger partial charge in [-0.1, -0.05) is 40.0 Å². The lowest BCUT2D eigenvalue weighted by atomic mass is 10.2. The standard InChI is InChI=1S/C13H29NO/c1-5-6-7-8-11-15-13(4)9-10-14-12(2)3/h12-14H,5-11H2,1-4H3. The molecule has 0 aromatic carbocycles. The van der Waals surface area contributed by atoms with E-state index in [9.17, 15) is 0 Å². The summed E-state index contributed by atoms with van der Waals surface area (Å²) in [5.74, 6) is 0. The van der Waals surface area contributed by atoms with Crippen LogP contribution in [0.4, 0.5) is 0 Å². The predicted octanol–water partition coefficient (Wildman–Crippen LogP) is 3.36. The molecule has 0 aliphatic heterocycles. The smallest absolute Gasteiger partial charge is 0.0559 e. The molecule has 15 heavy (non-hydrogen) atoms. The molecule has 0 rings (SSSR count). The minimum absolute atomic E-state index is 0.401. The monoisotopic (exact) mass is 215 g/mol. The van der Waals surface area contributed by atoms with Crippen molar-refractivity contribution in [1.82, 2.24) is 5.32 Å². The molecule has 2 heteroatoms. The van der Waals surface area contributed by atoms with Gasteiger partial charge in [0.15, 0.2) is 0 Å². The molecule has 92 valence electrons. The highest BCUT2D eigenvalue weighted by Crippen LogP contribution is 2.02. The molecule has 1 N–H and O–H groups in total. The summed E-state index contributed by atoms with van der Waals surface area (Å²) in [5, 5.41) is 3.41. The lowest BCUT2D eigenvalue weighted by Gasteiger charge is -2.14. The third-order valence-corrected chi connectivity index (χ3v) is 2.50. The molecule has 0 aromatic rings. The average molecular weight is 215 g/mol. The maximum Gasteiger partial charge on any atom is 0.0559 e. The summed E-state index contributed by atoms with van der Waals surface area (Å²) < 4.78 is 5.73. The van der Waals surface area contributed by atoms with Gasteiger partial charge in [-0.15, -0.1) is 0 Å². The lowest BCUT2D eigenvalue weighted by Crippen LogP contribution is -2.26. The highest BCUT2D eigenvalue weighted by atomic mass is 16.5. The van der Waals surface area contributed by atoms with Crippen LogP contribution < -0.4 is 5.32 Å². The summed E-state index contributed by atoms with van der Waals surface area (Å²) in [5.41, 5.74) is 0. The van der Waals surface area contributed by atoms with Crippen LogP contribution in [-0.4, -0.2) is 25.3 Å². The average Bonchev–Trinajstić information content (AvgIpc) is 2.17. The Kier molecular flexibility index (Phi) is 10.4. The Labute approximate surface area is 95.8 Å². The predicted molar refractivity (Wildman–Crippen MR) is 67.3 cm³/mol. The van der Waals surface area contributed by atoms with E-state index in [-0.39, 0.29) is 0 Å². The Morgan fingerprint density at radius 3 is 2.40 bits per heavy atom. The van der Waals surface area contributed by atoms with Crippen molar-refractivity contribution in [2.75, 3.05) is 13.2 Å². The van der Waals surface area contributed by atoms with Crippen LogP contribution in [0.25, 0.3) is 0 Å². The van der Waals surface area contributed by atoms with Crippen LogP contribution in [0, 0.1) is 0 Å². The molecule has 2 nitrogen and oxygen atoms in total. The largest absolute Gasteiger partial charge is 0.378 e. The van der Waals surface area contributed by atoms with E-state index >= 15 is 0 Å². The molecule has 0 saturated heterocycles. The van der Waals surface area contributed by atoms with Gasteiger partial charge in [0.2, 0.25) is 0 Å². The fraction of sp³-hybridized carbons (Fsp3) is 1.00. The zero-order chi connectivity index (χ0) is 11.5. The van der Waals surface area contributed by atoms with Crippen molar-refractivity contribution in [3.05, 3.63) is 0 Å². The second kappa shape index (κ2) is 10.4. The molecule has 0 heterocycles. The fourth-order valence-corrected chi connectivity index (χ4v) is 1.47. The SMILES string of the molecule is CCCCCCOC(C)CCNC(C)C. The van der Waals surface area contributed by atoms with E-state index in [0.29, 0.717) is 12.1 Å². The van der Waals surface area contributed by atoms with E-state index < -0.39 is 0 Å². The van der Waals surface area contributed by atoms with Crippen LogP contribution in [0.15, 0.2) is 0 Å². The van der Waals surface area contributed by atoms with Gasteiger partial charge >= 0.3 is 0 Å². The molecule has 0 aromatic heterocycles. The third kappa shape index (κ3) is 11.8. The van der Waals surface area contributed by atoms with Crippen LogP contribution in [-0.2, 0) is 4.74 Å². The molecule has 0 amide bonds. The zero-order valence-electron chi connectivity index (χ0n) is 11.0. The molecule has 1 atom stereocenters. The summed E-state index contributed by atoms with van der Waals surface area (Å²) in [7, 11) is 0. The summed E-state index contributed by atoms with van der Waals surface area (Å²) in [4.78, 5) is 0. The lowest BCUT2D eigenvalue weighted by molar-refractivity contribution is 0.0574. The van der Waals surface area contributed by atoms with Gasteiger partial charge in [0.25, 0.3) is 0 Å². The second-order valence-corrected chi connectivity index (χ2v) is 4.64. The highest BCUT2D eigenvalue weighted by molar-refractivity contribution is 4.57. The molecule has 1 unspecified atom stereocenters. The van der Waals surface area contributed by atoms with E-state index in [0.717, 1.165) is 19.6 Å². The summed E-state index contributed by atoms with van der Waals surface area (Å²) in [6, 6.07) is 0.585. The van der Waals surface area contributed by atoms with Crippen molar-refractivity contribution >= 4 is 0 Å². The van der Waals surface area contributed by atoms with Crippen LogP contribution in [0.5, 0.6) is 0 Å². The van der Waals surface area contributed by atoms with Crippen molar-refractivity contribution in [3.8, 4) is 0 Å². The minimum atomic E-state index is 0.401. The molecule has 0 spiro atoms. The third-order valence-electron chi connectivity index (χ3n) is 2.50. The van der Waals surface area contributed by atoms with Crippen LogP contribution in [0.3, 0.4) is 0 Å².